The van der Waals surface area contributed by atoms with Crippen LogP contribution in [0.2, 0.25) is 0 Å². The molecule has 0 spiro atoms. The number of H-pyrrole nitrogens is 1. The van der Waals surface area contributed by atoms with E-state index in [0.29, 0.717) is 43.5 Å². The molecular weight excluding hydrogens is 467 g/mol. The summed E-state index contributed by atoms with van der Waals surface area (Å²) in [7, 11) is 0. The third-order valence-corrected chi connectivity index (χ3v) is 6.03. The number of benzene rings is 2. The maximum absolute atomic E-state index is 13.1. The summed E-state index contributed by atoms with van der Waals surface area (Å²) in [5.41, 5.74) is 0.597. The molecule has 31 heavy (non-hydrogen) atoms. The molecule has 1 amide bonds. The van der Waals surface area contributed by atoms with Crippen LogP contribution in [0.1, 0.15) is 12.8 Å². The number of halogens is 2. The van der Waals surface area contributed by atoms with E-state index in [1.165, 1.54) is 12.1 Å². The average Bonchev–Trinajstić information content (AvgIpc) is 2.77. The van der Waals surface area contributed by atoms with Gasteiger partial charge in [-0.15, -0.1) is 0 Å². The van der Waals surface area contributed by atoms with Crippen LogP contribution in [-0.4, -0.2) is 46.5 Å². The molecule has 1 saturated heterocycles. The molecule has 1 aliphatic heterocycles. The highest BCUT2D eigenvalue weighted by Gasteiger charge is 2.21. The lowest BCUT2D eigenvalue weighted by atomic mass is 10.2. The fourth-order valence-electron chi connectivity index (χ4n) is 3.84. The van der Waals surface area contributed by atoms with Gasteiger partial charge >= 0.3 is 5.69 Å². The van der Waals surface area contributed by atoms with Crippen LogP contribution in [0, 0.1) is 5.82 Å². The lowest BCUT2D eigenvalue weighted by Crippen LogP contribution is -2.48. The van der Waals surface area contributed by atoms with Gasteiger partial charge in [-0.05, 0) is 48.9 Å². The number of fused-ring (bicyclic) bond motifs is 1. The van der Waals surface area contributed by atoms with Crippen molar-refractivity contribution in [3.8, 4) is 0 Å². The Labute approximate surface area is 186 Å². The van der Waals surface area contributed by atoms with E-state index in [0.717, 1.165) is 14.7 Å². The molecule has 0 radical (unpaired) electrons. The predicted molar refractivity (Wildman–Crippen MR) is 121 cm³/mol. The van der Waals surface area contributed by atoms with Gasteiger partial charge in [0.25, 0.3) is 5.56 Å². The zero-order valence-electron chi connectivity index (χ0n) is 16.8. The van der Waals surface area contributed by atoms with Gasteiger partial charge in [0.05, 0.1) is 10.9 Å². The topological polar surface area (TPSA) is 78.4 Å². The molecule has 1 aromatic heterocycles. The number of hydrogen-bond donors (Lipinski definition) is 1. The van der Waals surface area contributed by atoms with Crippen molar-refractivity contribution in [2.75, 3.05) is 31.1 Å². The van der Waals surface area contributed by atoms with Crippen molar-refractivity contribution in [3.63, 3.8) is 0 Å². The summed E-state index contributed by atoms with van der Waals surface area (Å²) in [6.07, 6.45) is 0.665. The van der Waals surface area contributed by atoms with E-state index in [1.54, 1.807) is 35.2 Å². The fourth-order valence-corrected chi connectivity index (χ4v) is 4.20. The van der Waals surface area contributed by atoms with Crippen LogP contribution >= 0.6 is 15.9 Å². The molecular formula is C22H22BrFN4O3. The maximum Gasteiger partial charge on any atom is 0.328 e. The third-order valence-electron chi connectivity index (χ3n) is 5.54. The molecule has 2 aromatic carbocycles. The summed E-state index contributed by atoms with van der Waals surface area (Å²) in [6, 6.07) is 11.5. The van der Waals surface area contributed by atoms with Crippen molar-refractivity contribution in [1.82, 2.24) is 14.5 Å². The van der Waals surface area contributed by atoms with Crippen LogP contribution < -0.4 is 16.1 Å². The van der Waals surface area contributed by atoms with Crippen LogP contribution in [-0.2, 0) is 11.3 Å². The summed E-state index contributed by atoms with van der Waals surface area (Å²) < 4.78 is 15.0. The number of nitrogens with one attached hydrogen (secondary N) is 1. The number of nitrogens with zero attached hydrogens (tertiary/aromatic N) is 3. The second-order valence-electron chi connectivity index (χ2n) is 7.52. The summed E-state index contributed by atoms with van der Waals surface area (Å²) in [4.78, 5) is 44.2. The molecule has 0 bridgehead atoms. The Balaban J connectivity index is 1.33. The number of carbonyl (C=O) groups is 1. The highest BCUT2D eigenvalue weighted by Crippen LogP contribution is 2.17. The molecule has 0 atom stereocenters. The molecule has 4 rings (SSSR count). The van der Waals surface area contributed by atoms with E-state index in [-0.39, 0.29) is 30.2 Å². The van der Waals surface area contributed by atoms with Crippen LogP contribution in [0.3, 0.4) is 0 Å². The lowest BCUT2D eigenvalue weighted by molar-refractivity contribution is -0.131. The fraction of sp³-hybridized carbons (Fsp3) is 0.318. The highest BCUT2D eigenvalue weighted by atomic mass is 79.9. The van der Waals surface area contributed by atoms with E-state index in [4.69, 9.17) is 0 Å². The summed E-state index contributed by atoms with van der Waals surface area (Å²) in [5, 5.41) is 0.428. The van der Waals surface area contributed by atoms with Gasteiger partial charge in [-0.25, -0.2) is 9.18 Å². The van der Waals surface area contributed by atoms with Crippen molar-refractivity contribution >= 4 is 38.4 Å². The summed E-state index contributed by atoms with van der Waals surface area (Å²) >= 11 is 3.34. The quantitative estimate of drug-likeness (QED) is 0.598. The first-order valence-corrected chi connectivity index (χ1v) is 10.9. The Morgan fingerprint density at radius 2 is 1.74 bits per heavy atom. The molecule has 1 fully saturated rings. The Kier molecular flexibility index (Phi) is 6.22. The Morgan fingerprint density at radius 3 is 2.45 bits per heavy atom. The number of piperazine rings is 1. The van der Waals surface area contributed by atoms with Gasteiger partial charge in [-0.1, -0.05) is 15.9 Å². The number of hydrogen-bond acceptors (Lipinski definition) is 4. The molecule has 7 nitrogen and oxygen atoms in total. The molecule has 1 aliphatic rings. The number of carbonyl (C=O) groups excluding carboxylic acids is 1. The molecule has 162 valence electrons. The first-order valence-electron chi connectivity index (χ1n) is 10.1. The second-order valence-corrected chi connectivity index (χ2v) is 8.44. The standard InChI is InChI=1S/C22H22BrFN4O3/c23-15-3-8-19-18(14-15)21(30)28(22(31)25-19)9-1-2-20(29)27-12-10-26(11-13-27)17-6-4-16(24)5-7-17/h3-8,14H,1-2,9-13H2,(H,25,31). The SMILES string of the molecule is O=C(CCCn1c(=O)[nH]c2ccc(Br)cc2c1=O)N1CCN(c2ccc(F)cc2)CC1. The van der Waals surface area contributed by atoms with Crippen LogP contribution in [0.15, 0.2) is 56.5 Å². The van der Waals surface area contributed by atoms with Crippen LogP contribution in [0.5, 0.6) is 0 Å². The van der Waals surface area contributed by atoms with Gasteiger partial charge in [-0.3, -0.25) is 14.2 Å². The Hall–Kier alpha value is -2.94. The zero-order chi connectivity index (χ0) is 22.0. The van der Waals surface area contributed by atoms with Crippen LogP contribution in [0.4, 0.5) is 10.1 Å². The number of aromatic amines is 1. The van der Waals surface area contributed by atoms with Gasteiger partial charge in [-0.2, -0.15) is 0 Å². The second kappa shape index (κ2) is 9.05. The van der Waals surface area contributed by atoms with Crippen molar-refractivity contribution in [3.05, 3.63) is 73.6 Å². The maximum atomic E-state index is 13.1. The number of amides is 1. The predicted octanol–water partition coefficient (Wildman–Crippen LogP) is 2.72. The average molecular weight is 489 g/mol. The highest BCUT2D eigenvalue weighted by molar-refractivity contribution is 9.10. The van der Waals surface area contributed by atoms with Crippen molar-refractivity contribution in [1.29, 1.82) is 0 Å². The van der Waals surface area contributed by atoms with Crippen LogP contribution in [0.25, 0.3) is 10.9 Å². The number of aromatic nitrogens is 2. The molecule has 1 N–H and O–H groups in total. The molecule has 0 unspecified atom stereocenters. The van der Waals surface area contributed by atoms with E-state index in [1.807, 2.05) is 0 Å². The zero-order valence-corrected chi connectivity index (χ0v) is 18.4. The van der Waals surface area contributed by atoms with Gasteiger partial charge in [0.15, 0.2) is 0 Å². The minimum absolute atomic E-state index is 0.00627. The van der Waals surface area contributed by atoms with E-state index in [2.05, 4.69) is 25.8 Å². The van der Waals surface area contributed by atoms with Gasteiger partial charge in [0.2, 0.25) is 5.91 Å². The third kappa shape index (κ3) is 4.71. The van der Waals surface area contributed by atoms with E-state index >= 15 is 0 Å². The first-order chi connectivity index (χ1) is 14.9. The van der Waals surface area contributed by atoms with Gasteiger partial charge < -0.3 is 14.8 Å². The smallest absolute Gasteiger partial charge is 0.328 e. The van der Waals surface area contributed by atoms with Crippen molar-refractivity contribution in [2.45, 2.75) is 19.4 Å². The lowest BCUT2D eigenvalue weighted by Gasteiger charge is -2.36. The molecule has 9 heteroatoms. The molecule has 0 saturated carbocycles. The number of rotatable bonds is 5. The summed E-state index contributed by atoms with van der Waals surface area (Å²) in [5.74, 6) is -0.263. The Morgan fingerprint density at radius 1 is 1.03 bits per heavy atom. The largest absolute Gasteiger partial charge is 0.368 e. The monoisotopic (exact) mass is 488 g/mol. The van der Waals surface area contributed by atoms with E-state index in [9.17, 15) is 18.8 Å². The summed E-state index contributed by atoms with van der Waals surface area (Å²) in [6.45, 7) is 2.70. The normalized spacial score (nSPS) is 14.3. The number of anilines is 1. The Bertz CT molecular complexity index is 1210. The van der Waals surface area contributed by atoms with Crippen molar-refractivity contribution < 1.29 is 9.18 Å². The van der Waals surface area contributed by atoms with Crippen molar-refractivity contribution in [2.24, 2.45) is 0 Å². The van der Waals surface area contributed by atoms with E-state index < -0.39 is 5.69 Å². The molecule has 2 heterocycles. The minimum atomic E-state index is -0.472. The van der Waals surface area contributed by atoms with Gasteiger partial charge in [0, 0.05) is 49.3 Å². The first kappa shape index (κ1) is 21.3. The molecule has 0 aliphatic carbocycles. The minimum Gasteiger partial charge on any atom is -0.368 e. The molecule has 3 aromatic rings. The van der Waals surface area contributed by atoms with Gasteiger partial charge in [0.1, 0.15) is 5.82 Å².